The molecule has 11 nitrogen and oxygen atoms in total. The maximum Gasteiger partial charge on any atom is 0.188 e. The van der Waals surface area contributed by atoms with Gasteiger partial charge in [-0.3, -0.25) is 15.0 Å². The molecule has 37 heavy (non-hydrogen) atoms. The van der Waals surface area contributed by atoms with Gasteiger partial charge in [-0.15, -0.1) is 0 Å². The Hall–Kier alpha value is -4.32. The minimum absolute atomic E-state index is 0.0611. The Labute approximate surface area is 220 Å². The minimum atomic E-state index is 0.0611. The summed E-state index contributed by atoms with van der Waals surface area (Å²) in [6, 6.07) is 18.3. The van der Waals surface area contributed by atoms with E-state index in [4.69, 9.17) is 44.4 Å². The van der Waals surface area contributed by atoms with E-state index in [9.17, 15) is 0 Å². The highest BCUT2D eigenvalue weighted by Crippen LogP contribution is 2.28. The lowest BCUT2D eigenvalue weighted by Crippen LogP contribution is -2.23. The van der Waals surface area contributed by atoms with Crippen molar-refractivity contribution in [1.29, 1.82) is 0 Å². The molecule has 0 amide bonds. The number of rotatable bonds is 12. The monoisotopic (exact) mass is 519 g/mol. The standard InChI is InChI=1S/C25H33N11S/c26-22(27)32-9-7-16-3-1-5-18(13-16)20-15-21(36-25(35-20)37-12-11-34-24(30)31)19-6-2-4-17(14-19)8-10-33-23(28)29/h1-6,13-15H,7-12H2,(H4,26,27,32)(H4,28,29,33)(H4,30,31,34). The van der Waals surface area contributed by atoms with E-state index in [2.05, 4.69) is 27.1 Å². The van der Waals surface area contributed by atoms with Gasteiger partial charge >= 0.3 is 0 Å². The van der Waals surface area contributed by atoms with Crippen LogP contribution in [0.25, 0.3) is 22.5 Å². The molecule has 0 saturated carbocycles. The quantitative estimate of drug-likeness (QED) is 0.0654. The third-order valence-corrected chi connectivity index (χ3v) is 5.99. The number of nitrogens with two attached hydrogens (primary N) is 6. The lowest BCUT2D eigenvalue weighted by molar-refractivity contribution is 0.955. The van der Waals surface area contributed by atoms with Crippen molar-refractivity contribution in [3.8, 4) is 22.5 Å². The van der Waals surface area contributed by atoms with Gasteiger partial charge in [-0.05, 0) is 42.2 Å². The van der Waals surface area contributed by atoms with Crippen molar-refractivity contribution in [2.75, 3.05) is 25.4 Å². The van der Waals surface area contributed by atoms with Crippen LogP contribution < -0.4 is 34.4 Å². The summed E-state index contributed by atoms with van der Waals surface area (Å²) < 4.78 is 0. The average molecular weight is 520 g/mol. The number of hydrogen-bond acceptors (Lipinski definition) is 6. The van der Waals surface area contributed by atoms with Gasteiger partial charge in [0.1, 0.15) is 0 Å². The van der Waals surface area contributed by atoms with Gasteiger partial charge in [0.15, 0.2) is 23.0 Å². The largest absolute Gasteiger partial charge is 0.370 e. The normalized spacial score (nSPS) is 10.5. The summed E-state index contributed by atoms with van der Waals surface area (Å²) in [7, 11) is 0. The van der Waals surface area contributed by atoms with Gasteiger partial charge in [0.05, 0.1) is 17.9 Å². The number of aromatic nitrogens is 2. The molecule has 0 spiro atoms. The zero-order valence-corrected chi connectivity index (χ0v) is 21.4. The number of guanidine groups is 3. The Morgan fingerprint density at radius 3 is 1.54 bits per heavy atom. The summed E-state index contributed by atoms with van der Waals surface area (Å²) in [6.07, 6.45) is 1.42. The fraction of sp³-hybridized carbons (Fsp3) is 0.240. The summed E-state index contributed by atoms with van der Waals surface area (Å²) in [5.41, 5.74) is 38.5. The van der Waals surface area contributed by atoms with Gasteiger partial charge in [-0.1, -0.05) is 48.2 Å². The molecule has 0 radical (unpaired) electrons. The fourth-order valence-corrected chi connectivity index (χ4v) is 4.19. The minimum Gasteiger partial charge on any atom is -0.370 e. The SMILES string of the molecule is NC(N)=NCCSc1nc(-c2cccc(CCN=C(N)N)c2)cc(-c2cccc(CCN=C(N)N)c2)n1. The van der Waals surface area contributed by atoms with Gasteiger partial charge < -0.3 is 34.4 Å². The molecule has 1 aromatic heterocycles. The Morgan fingerprint density at radius 2 is 1.08 bits per heavy atom. The first-order valence-corrected chi connectivity index (χ1v) is 12.7. The summed E-state index contributed by atoms with van der Waals surface area (Å²) >= 11 is 1.49. The molecule has 0 saturated heterocycles. The van der Waals surface area contributed by atoms with Crippen molar-refractivity contribution >= 4 is 29.6 Å². The lowest BCUT2D eigenvalue weighted by atomic mass is 10.0. The molecule has 0 bridgehead atoms. The van der Waals surface area contributed by atoms with E-state index in [-0.39, 0.29) is 17.9 Å². The molecular formula is C25H33N11S. The van der Waals surface area contributed by atoms with Crippen molar-refractivity contribution in [3.63, 3.8) is 0 Å². The lowest BCUT2D eigenvalue weighted by Gasteiger charge is -2.10. The van der Waals surface area contributed by atoms with E-state index in [1.807, 2.05) is 42.5 Å². The predicted octanol–water partition coefficient (Wildman–Crippen LogP) is 0.808. The van der Waals surface area contributed by atoms with Crippen LogP contribution in [0, 0.1) is 0 Å². The zero-order chi connectivity index (χ0) is 26.6. The highest BCUT2D eigenvalue weighted by atomic mass is 32.2. The first-order chi connectivity index (χ1) is 17.8. The molecule has 3 rings (SSSR count). The van der Waals surface area contributed by atoms with Gasteiger partial charge in [-0.2, -0.15) is 0 Å². The fourth-order valence-electron chi connectivity index (χ4n) is 3.50. The predicted molar refractivity (Wildman–Crippen MR) is 153 cm³/mol. The Kier molecular flexibility index (Phi) is 10.1. The van der Waals surface area contributed by atoms with Gasteiger partial charge in [0.2, 0.25) is 0 Å². The van der Waals surface area contributed by atoms with Crippen molar-refractivity contribution < 1.29 is 0 Å². The maximum absolute atomic E-state index is 5.45. The molecule has 12 N–H and O–H groups in total. The maximum atomic E-state index is 5.45. The van der Waals surface area contributed by atoms with Crippen molar-refractivity contribution in [3.05, 3.63) is 65.7 Å². The first-order valence-electron chi connectivity index (χ1n) is 11.7. The third-order valence-electron chi connectivity index (χ3n) is 5.16. The number of aliphatic imine (C=N–C) groups is 3. The number of nitrogens with zero attached hydrogens (tertiary/aromatic N) is 5. The van der Waals surface area contributed by atoms with Gasteiger partial charge in [0, 0.05) is 30.0 Å². The zero-order valence-electron chi connectivity index (χ0n) is 20.5. The van der Waals surface area contributed by atoms with Crippen molar-refractivity contribution in [2.45, 2.75) is 18.0 Å². The molecule has 3 aromatic rings. The highest BCUT2D eigenvalue weighted by molar-refractivity contribution is 7.99. The summed E-state index contributed by atoms with van der Waals surface area (Å²) in [6.45, 7) is 1.50. The van der Waals surface area contributed by atoms with Crippen molar-refractivity contribution in [1.82, 2.24) is 9.97 Å². The van der Waals surface area contributed by atoms with E-state index in [1.165, 1.54) is 11.8 Å². The van der Waals surface area contributed by atoms with E-state index < -0.39 is 0 Å². The van der Waals surface area contributed by atoms with Crippen LogP contribution in [0.2, 0.25) is 0 Å². The number of thioether (sulfide) groups is 1. The van der Waals surface area contributed by atoms with Crippen LogP contribution in [0.5, 0.6) is 0 Å². The molecule has 1 heterocycles. The van der Waals surface area contributed by atoms with Crippen LogP contribution >= 0.6 is 11.8 Å². The second-order valence-electron chi connectivity index (χ2n) is 8.09. The molecule has 0 fully saturated rings. The summed E-state index contributed by atoms with van der Waals surface area (Å²) in [4.78, 5) is 21.8. The molecule has 0 atom stereocenters. The van der Waals surface area contributed by atoms with Crippen LogP contribution in [0.1, 0.15) is 11.1 Å². The van der Waals surface area contributed by atoms with Crippen LogP contribution in [-0.2, 0) is 12.8 Å². The van der Waals surface area contributed by atoms with E-state index >= 15 is 0 Å². The highest BCUT2D eigenvalue weighted by Gasteiger charge is 2.11. The molecule has 0 aliphatic rings. The van der Waals surface area contributed by atoms with Crippen molar-refractivity contribution in [2.24, 2.45) is 49.4 Å². The molecular weight excluding hydrogens is 486 g/mol. The van der Waals surface area contributed by atoms with E-state index in [0.717, 1.165) is 33.6 Å². The topological polar surface area (TPSA) is 219 Å². The van der Waals surface area contributed by atoms with Crippen LogP contribution in [0.15, 0.2) is 74.7 Å². The molecule has 12 heteroatoms. The Bertz CT molecular complexity index is 1190. The summed E-state index contributed by atoms with van der Waals surface area (Å²) in [5, 5.41) is 0.634. The van der Waals surface area contributed by atoms with Gasteiger partial charge in [0.25, 0.3) is 0 Å². The summed E-state index contributed by atoms with van der Waals surface area (Å²) in [5.74, 6) is 0.864. The van der Waals surface area contributed by atoms with E-state index in [1.54, 1.807) is 0 Å². The third kappa shape index (κ3) is 9.33. The number of benzene rings is 2. The first kappa shape index (κ1) is 27.3. The van der Waals surface area contributed by atoms with Gasteiger partial charge in [-0.25, -0.2) is 9.97 Å². The van der Waals surface area contributed by atoms with E-state index in [0.29, 0.717) is 43.4 Å². The smallest absolute Gasteiger partial charge is 0.188 e. The van der Waals surface area contributed by atoms with Crippen LogP contribution in [0.3, 0.4) is 0 Å². The average Bonchev–Trinajstić information content (AvgIpc) is 2.86. The second-order valence-corrected chi connectivity index (χ2v) is 9.15. The second kappa shape index (κ2) is 13.7. The molecule has 194 valence electrons. The Morgan fingerprint density at radius 1 is 0.622 bits per heavy atom. The Balaban J connectivity index is 1.93. The molecule has 0 aliphatic carbocycles. The van der Waals surface area contributed by atoms with Crippen LogP contribution in [-0.4, -0.2) is 53.2 Å². The molecule has 0 aliphatic heterocycles. The van der Waals surface area contributed by atoms with Crippen LogP contribution in [0.4, 0.5) is 0 Å². The number of hydrogen-bond donors (Lipinski definition) is 6. The molecule has 2 aromatic carbocycles. The molecule has 0 unspecified atom stereocenters.